The quantitative estimate of drug-likeness (QED) is 0.0729. The molecule has 0 N–H and O–H groups in total. The fourth-order valence-electron chi connectivity index (χ4n) is 9.21. The Kier molecular flexibility index (Phi) is 13.0. The first kappa shape index (κ1) is 44.9. The summed E-state index contributed by atoms with van der Waals surface area (Å²) in [5.41, 5.74) is 16.7. The molecule has 4 aromatic carbocycles. The molecule has 6 aromatic rings. The molecule has 0 bridgehead atoms. The molecule has 0 radical (unpaired) electrons. The van der Waals surface area contributed by atoms with Gasteiger partial charge in [-0.1, -0.05) is 123 Å². The Bertz CT molecular complexity index is 2850. The predicted molar refractivity (Wildman–Crippen MR) is 252 cm³/mol. The molecule has 314 valence electrons. The maximum atomic E-state index is 14.1. The molecule has 63 heavy (non-hydrogen) atoms. The first-order chi connectivity index (χ1) is 29.8. The molecule has 2 aliphatic heterocycles. The van der Waals surface area contributed by atoms with Gasteiger partial charge in [0.05, 0.1) is 24.2 Å². The van der Waals surface area contributed by atoms with Gasteiger partial charge in [-0.2, -0.15) is 11.4 Å². The van der Waals surface area contributed by atoms with E-state index in [1.807, 2.05) is 126 Å². The topological polar surface area (TPSA) is 106 Å². The van der Waals surface area contributed by atoms with Gasteiger partial charge in [-0.3, -0.25) is 19.6 Å². The van der Waals surface area contributed by atoms with E-state index in [2.05, 4.69) is 27.7 Å². The van der Waals surface area contributed by atoms with Crippen LogP contribution in [0.2, 0.25) is 0 Å². The number of carbonyl (C=O) groups excluding carboxylic acids is 2. The number of rotatable bonds is 11. The zero-order chi connectivity index (χ0) is 44.0. The Morgan fingerprint density at radius 3 is 1.30 bits per heavy atom. The van der Waals surface area contributed by atoms with E-state index in [1.54, 1.807) is 0 Å². The van der Waals surface area contributed by atoms with Gasteiger partial charge in [0.15, 0.2) is 0 Å². The Hall–Kier alpha value is -6.18. The van der Waals surface area contributed by atoms with Crippen molar-refractivity contribution in [1.82, 2.24) is 9.97 Å². The second-order valence-corrected chi connectivity index (χ2v) is 16.4. The summed E-state index contributed by atoms with van der Waals surface area (Å²) in [7, 11) is 0. The summed E-state index contributed by atoms with van der Waals surface area (Å²) in [5.74, 6) is -0.110. The minimum Gasteiger partial charge on any atom is -0.661 e. The number of allylic oxidation sites excluding steroid dienone is 4. The summed E-state index contributed by atoms with van der Waals surface area (Å²) < 4.78 is 12.7. The molecule has 0 spiro atoms. The summed E-state index contributed by atoms with van der Waals surface area (Å²) in [6.45, 7) is 20.4. The minimum atomic E-state index is -0.423. The van der Waals surface area contributed by atoms with Crippen molar-refractivity contribution in [2.75, 3.05) is 0 Å². The fourth-order valence-corrected chi connectivity index (χ4v) is 9.21. The molecule has 2 aromatic heterocycles. The molecule has 0 amide bonds. The molecule has 4 heterocycles. The second-order valence-electron chi connectivity index (χ2n) is 16.4. The molecule has 9 heteroatoms. The summed E-state index contributed by atoms with van der Waals surface area (Å²) in [6.07, 6.45) is 5.93. The van der Waals surface area contributed by atoms with Gasteiger partial charge in [0, 0.05) is 22.6 Å². The van der Waals surface area contributed by atoms with Crippen LogP contribution in [0.4, 0.5) is 0 Å². The van der Waals surface area contributed by atoms with Gasteiger partial charge in [0.2, 0.25) is 0 Å². The zero-order valence-electron chi connectivity index (χ0n) is 38.0. The van der Waals surface area contributed by atoms with Crippen molar-refractivity contribution in [3.8, 4) is 22.6 Å². The van der Waals surface area contributed by atoms with Crippen molar-refractivity contribution in [2.45, 2.75) is 94.9 Å². The zero-order valence-corrected chi connectivity index (χ0v) is 41.0. The van der Waals surface area contributed by atoms with Crippen molar-refractivity contribution in [1.29, 1.82) is 0 Å². The summed E-state index contributed by atoms with van der Waals surface area (Å²) in [5, 5.41) is 3.61. The second kappa shape index (κ2) is 18.3. The van der Waals surface area contributed by atoms with Crippen molar-refractivity contribution < 1.29 is 38.5 Å². The van der Waals surface area contributed by atoms with Crippen LogP contribution >= 0.6 is 0 Å². The van der Waals surface area contributed by atoms with E-state index in [1.165, 1.54) is 11.1 Å². The summed E-state index contributed by atoms with van der Waals surface area (Å²) in [4.78, 5) is 47.6. The Morgan fingerprint density at radius 2 is 0.937 bits per heavy atom. The molecule has 0 saturated carbocycles. The van der Waals surface area contributed by atoms with Crippen LogP contribution in [0.1, 0.15) is 99.4 Å². The van der Waals surface area contributed by atoms with Crippen molar-refractivity contribution >= 4 is 57.1 Å². The maximum Gasteiger partial charge on any atom is 2.00 e. The molecule has 0 saturated heterocycles. The molecule has 0 aliphatic carbocycles. The van der Waals surface area contributed by atoms with Crippen LogP contribution in [-0.4, -0.2) is 23.4 Å². The molecular formula is C54H52N4O4Zn. The largest absolute Gasteiger partial charge is 2.00 e. The van der Waals surface area contributed by atoms with Crippen LogP contribution in [0.15, 0.2) is 116 Å². The fraction of sp³-hybridized carbons (Fsp3) is 0.259. The molecular weight excluding hydrogens is 834 g/mol. The molecule has 8 rings (SSSR count). The first-order valence-corrected chi connectivity index (χ1v) is 21.4. The number of carbonyl (C=O) groups is 2. The van der Waals surface area contributed by atoms with Crippen LogP contribution in [0, 0.1) is 27.7 Å². The third-order valence-electron chi connectivity index (χ3n) is 12.6. The van der Waals surface area contributed by atoms with E-state index in [-0.39, 0.29) is 32.3 Å². The smallest absolute Gasteiger partial charge is 0.661 e. The Labute approximate surface area is 382 Å². The Morgan fingerprint density at radius 1 is 0.556 bits per heavy atom. The monoisotopic (exact) mass is 884 g/mol. The van der Waals surface area contributed by atoms with Crippen LogP contribution in [0.5, 0.6) is 11.5 Å². The number of aryl methyl sites for hydroxylation is 2. The van der Waals surface area contributed by atoms with Gasteiger partial charge in [-0.05, 0) is 110 Å². The number of fused-ring (bicyclic) bond motifs is 2. The average Bonchev–Trinajstić information content (AvgIpc) is 3.88. The van der Waals surface area contributed by atoms with Crippen LogP contribution in [0.3, 0.4) is 0 Å². The van der Waals surface area contributed by atoms with E-state index in [4.69, 9.17) is 29.4 Å². The summed E-state index contributed by atoms with van der Waals surface area (Å²) >= 11 is 0. The van der Waals surface area contributed by atoms with Gasteiger partial charge in [-0.25, -0.2) is 0 Å². The van der Waals surface area contributed by atoms with Crippen LogP contribution in [-0.2, 0) is 41.9 Å². The van der Waals surface area contributed by atoms with Crippen LogP contribution in [0.25, 0.3) is 44.8 Å². The van der Waals surface area contributed by atoms with E-state index >= 15 is 0 Å². The van der Waals surface area contributed by atoms with E-state index < -0.39 is 11.9 Å². The van der Waals surface area contributed by atoms with Crippen molar-refractivity contribution in [3.05, 3.63) is 152 Å². The van der Waals surface area contributed by atoms with Crippen molar-refractivity contribution in [3.63, 3.8) is 0 Å². The number of benzene rings is 4. The molecule has 8 nitrogen and oxygen atoms in total. The summed E-state index contributed by atoms with van der Waals surface area (Å²) in [6, 6.07) is 23.5. The average molecular weight is 886 g/mol. The van der Waals surface area contributed by atoms with Gasteiger partial charge >= 0.3 is 31.4 Å². The van der Waals surface area contributed by atoms with E-state index in [0.29, 0.717) is 22.6 Å². The molecule has 0 unspecified atom stereocenters. The number of aliphatic imine (C=N–C) groups is 2. The van der Waals surface area contributed by atoms with E-state index in [9.17, 15) is 9.59 Å². The SMILES string of the molecule is CCC1=C(C)/C(=C/c2[n-]c(C)c(CC(=O)Oc3ccc4ccccc4c3-c3c(OC(=O)Cc4c(C)[n-]c(/C=C5\N=C(C)C(CC)=C5C)c4C)ccc4ccccc34)c2C)N=C1C.[Zn+2]. The van der Waals surface area contributed by atoms with Gasteiger partial charge in [0.1, 0.15) is 11.5 Å². The third-order valence-corrected chi connectivity index (χ3v) is 12.6. The van der Waals surface area contributed by atoms with Crippen molar-refractivity contribution in [2.24, 2.45) is 9.98 Å². The van der Waals surface area contributed by atoms with Gasteiger partial charge < -0.3 is 19.4 Å². The third kappa shape index (κ3) is 8.51. The van der Waals surface area contributed by atoms with E-state index in [0.717, 1.165) is 113 Å². The number of esters is 2. The number of hydrogen-bond donors (Lipinski definition) is 0. The number of ether oxygens (including phenoxy) is 2. The van der Waals surface area contributed by atoms with Gasteiger partial charge in [-0.15, -0.1) is 11.4 Å². The Balaban J connectivity index is 0.00000595. The standard InChI is InChI=1S/C54H52N4O4.Zn/c1-11-39-29(3)45(55-33(39)7)27-47-31(5)43(35(9)57-47)25-51(59)61-49-23-21-37-17-13-15-19-41(37)53(49)54-42-20-16-14-18-38(42)22-24-50(54)62-52(60)26-44-32(6)48(58-36(44)10)28-46-30(4)40(12-2)34(8)56-46;/h13-24,27-28H,11-12,25-26H2,1-10H3;/q-2;+2. The number of aromatic nitrogens is 2. The maximum absolute atomic E-state index is 14.1. The number of hydrogen-bond acceptors (Lipinski definition) is 6. The number of nitrogens with zero attached hydrogens (tertiary/aromatic N) is 4. The van der Waals surface area contributed by atoms with Gasteiger partial charge in [0.25, 0.3) is 0 Å². The van der Waals surface area contributed by atoms with Crippen LogP contribution < -0.4 is 19.4 Å². The predicted octanol–water partition coefficient (Wildman–Crippen LogP) is 12.2. The first-order valence-electron chi connectivity index (χ1n) is 21.4. The normalized spacial score (nSPS) is 15.2. The molecule has 0 atom stereocenters. The molecule has 2 aliphatic rings. The minimum absolute atomic E-state index is 0. The molecule has 0 fully saturated rings.